The second-order valence-corrected chi connectivity index (χ2v) is 8.38. The van der Waals surface area contributed by atoms with Crippen molar-refractivity contribution in [2.24, 2.45) is 0 Å². The molecule has 1 heterocycles. The van der Waals surface area contributed by atoms with Crippen molar-refractivity contribution in [3.8, 4) is 0 Å². The fourth-order valence-corrected chi connectivity index (χ4v) is 5.79. The fraction of sp³-hybridized carbons (Fsp3) is 0.600. The largest absolute Gasteiger partial charge is 0.394 e. The highest BCUT2D eigenvalue weighted by molar-refractivity contribution is 7.89. The molecule has 0 aromatic carbocycles. The van der Waals surface area contributed by atoms with Crippen molar-refractivity contribution in [3.63, 3.8) is 0 Å². The molecule has 0 amide bonds. The van der Waals surface area contributed by atoms with Gasteiger partial charge in [-0.3, -0.25) is 0 Å². The molecule has 0 aliphatic heterocycles. The van der Waals surface area contributed by atoms with E-state index in [1.54, 1.807) is 0 Å². The standard InChI is InChI=1S/C10H13Cl2NO3S2/c11-8-5-7(9(12)17-8)18(15,16)13-10(6-14)3-1-2-4-10/h5,13-14H,1-4,6H2. The predicted molar refractivity (Wildman–Crippen MR) is 72.9 cm³/mol. The van der Waals surface area contributed by atoms with Crippen LogP contribution in [0.5, 0.6) is 0 Å². The maximum atomic E-state index is 12.2. The molecule has 0 saturated heterocycles. The summed E-state index contributed by atoms with van der Waals surface area (Å²) in [5.74, 6) is 0. The molecule has 4 nitrogen and oxygen atoms in total. The molecule has 8 heteroatoms. The Kier molecular flexibility index (Phi) is 4.26. The number of thiophene rings is 1. The Morgan fingerprint density at radius 3 is 2.44 bits per heavy atom. The molecule has 0 atom stereocenters. The molecule has 1 fully saturated rings. The molecule has 102 valence electrons. The molecule has 0 unspecified atom stereocenters. The zero-order chi connectivity index (χ0) is 13.4. The van der Waals surface area contributed by atoms with Gasteiger partial charge in [0.2, 0.25) is 10.0 Å². The Balaban J connectivity index is 2.29. The van der Waals surface area contributed by atoms with Crippen molar-refractivity contribution >= 4 is 44.6 Å². The lowest BCUT2D eigenvalue weighted by molar-refractivity contribution is 0.185. The monoisotopic (exact) mass is 329 g/mol. The van der Waals surface area contributed by atoms with E-state index in [4.69, 9.17) is 23.2 Å². The van der Waals surface area contributed by atoms with Crippen LogP contribution in [0.1, 0.15) is 25.7 Å². The first-order valence-corrected chi connectivity index (χ1v) is 8.54. The smallest absolute Gasteiger partial charge is 0.243 e. The first-order valence-electron chi connectivity index (χ1n) is 5.48. The second kappa shape index (κ2) is 5.26. The van der Waals surface area contributed by atoms with Gasteiger partial charge in [-0.1, -0.05) is 36.0 Å². The molecule has 0 bridgehead atoms. The number of sulfonamides is 1. The Morgan fingerprint density at radius 2 is 2.00 bits per heavy atom. The summed E-state index contributed by atoms with van der Waals surface area (Å²) in [6, 6.07) is 1.33. The van der Waals surface area contributed by atoms with Crippen LogP contribution in [0.4, 0.5) is 0 Å². The van der Waals surface area contributed by atoms with E-state index in [0.29, 0.717) is 17.2 Å². The van der Waals surface area contributed by atoms with E-state index in [1.165, 1.54) is 6.07 Å². The third-order valence-corrected chi connectivity index (χ3v) is 6.46. The maximum absolute atomic E-state index is 12.2. The summed E-state index contributed by atoms with van der Waals surface area (Å²) in [5.41, 5.74) is -0.753. The third-order valence-electron chi connectivity index (χ3n) is 3.13. The van der Waals surface area contributed by atoms with Gasteiger partial charge in [-0.2, -0.15) is 0 Å². The zero-order valence-electron chi connectivity index (χ0n) is 9.45. The van der Waals surface area contributed by atoms with Gasteiger partial charge in [0.25, 0.3) is 0 Å². The van der Waals surface area contributed by atoms with Crippen LogP contribution in [0.3, 0.4) is 0 Å². The molecule has 1 saturated carbocycles. The van der Waals surface area contributed by atoms with Gasteiger partial charge in [0.15, 0.2) is 0 Å². The van der Waals surface area contributed by atoms with Crippen molar-refractivity contribution < 1.29 is 13.5 Å². The lowest BCUT2D eigenvalue weighted by atomic mass is 10.0. The molecule has 1 aliphatic rings. The van der Waals surface area contributed by atoms with Crippen LogP contribution in [0, 0.1) is 0 Å². The minimum Gasteiger partial charge on any atom is -0.394 e. The lowest BCUT2D eigenvalue weighted by Gasteiger charge is -2.27. The van der Waals surface area contributed by atoms with E-state index in [-0.39, 0.29) is 15.8 Å². The van der Waals surface area contributed by atoms with E-state index in [0.717, 1.165) is 24.2 Å². The molecule has 0 spiro atoms. The average molecular weight is 330 g/mol. The van der Waals surface area contributed by atoms with Crippen LogP contribution in [0.25, 0.3) is 0 Å². The SMILES string of the molecule is O=S(=O)(NC1(CO)CCCC1)c1cc(Cl)sc1Cl. The molecule has 1 aliphatic carbocycles. The van der Waals surface area contributed by atoms with Gasteiger partial charge < -0.3 is 5.11 Å². The number of halogens is 2. The molecule has 1 aromatic rings. The Labute approximate surface area is 120 Å². The van der Waals surface area contributed by atoms with Crippen molar-refractivity contribution in [1.82, 2.24) is 4.72 Å². The molecule has 1 aromatic heterocycles. The van der Waals surface area contributed by atoms with E-state index < -0.39 is 15.6 Å². The maximum Gasteiger partial charge on any atom is 0.243 e. The molecule has 18 heavy (non-hydrogen) atoms. The summed E-state index contributed by atoms with van der Waals surface area (Å²) in [5, 5.41) is 9.42. The first-order chi connectivity index (χ1) is 8.38. The van der Waals surface area contributed by atoms with Gasteiger partial charge in [0, 0.05) is 0 Å². The summed E-state index contributed by atoms with van der Waals surface area (Å²) >= 11 is 12.6. The van der Waals surface area contributed by atoms with Crippen LogP contribution in [-0.2, 0) is 10.0 Å². The summed E-state index contributed by atoms with van der Waals surface area (Å²) in [7, 11) is -3.74. The summed E-state index contributed by atoms with van der Waals surface area (Å²) in [6.45, 7) is -0.207. The van der Waals surface area contributed by atoms with Gasteiger partial charge >= 0.3 is 0 Å². The van der Waals surface area contributed by atoms with Gasteiger partial charge in [0.05, 0.1) is 16.5 Å². The van der Waals surface area contributed by atoms with Crippen LogP contribution >= 0.6 is 34.5 Å². The highest BCUT2D eigenvalue weighted by Gasteiger charge is 2.38. The molecular formula is C10H13Cl2NO3S2. The highest BCUT2D eigenvalue weighted by Crippen LogP contribution is 2.36. The van der Waals surface area contributed by atoms with E-state index >= 15 is 0 Å². The van der Waals surface area contributed by atoms with Crippen molar-refractivity contribution in [3.05, 3.63) is 14.7 Å². The molecule has 2 N–H and O–H groups in total. The number of rotatable bonds is 4. The van der Waals surface area contributed by atoms with E-state index in [2.05, 4.69) is 4.72 Å². The van der Waals surface area contributed by atoms with Crippen LogP contribution in [0.15, 0.2) is 11.0 Å². The Bertz CT molecular complexity index is 535. The number of nitrogens with one attached hydrogen (secondary N) is 1. The van der Waals surface area contributed by atoms with Gasteiger partial charge in [-0.05, 0) is 18.9 Å². The number of hydrogen-bond acceptors (Lipinski definition) is 4. The second-order valence-electron chi connectivity index (χ2n) is 4.44. The van der Waals surface area contributed by atoms with E-state index in [1.807, 2.05) is 0 Å². The lowest BCUT2D eigenvalue weighted by Crippen LogP contribution is -2.49. The van der Waals surface area contributed by atoms with E-state index in [9.17, 15) is 13.5 Å². The number of hydrogen-bond donors (Lipinski definition) is 2. The number of aliphatic hydroxyl groups is 1. The number of aliphatic hydroxyl groups excluding tert-OH is 1. The Morgan fingerprint density at radius 1 is 1.39 bits per heavy atom. The fourth-order valence-electron chi connectivity index (χ4n) is 2.19. The van der Waals surface area contributed by atoms with Crippen molar-refractivity contribution in [1.29, 1.82) is 0 Å². The minimum absolute atomic E-state index is 0.0149. The van der Waals surface area contributed by atoms with Crippen LogP contribution in [0.2, 0.25) is 8.67 Å². The van der Waals surface area contributed by atoms with Crippen LogP contribution < -0.4 is 4.72 Å². The predicted octanol–water partition coefficient (Wildman–Crippen LogP) is 2.64. The average Bonchev–Trinajstić information content (AvgIpc) is 2.86. The van der Waals surface area contributed by atoms with Gasteiger partial charge in [-0.15, -0.1) is 11.3 Å². The molecule has 0 radical (unpaired) electrons. The third kappa shape index (κ3) is 2.84. The molecular weight excluding hydrogens is 317 g/mol. The summed E-state index contributed by atoms with van der Waals surface area (Å²) < 4.78 is 27.5. The molecule has 2 rings (SSSR count). The summed E-state index contributed by atoms with van der Waals surface area (Å²) in [6.07, 6.45) is 3.08. The van der Waals surface area contributed by atoms with Gasteiger partial charge in [0.1, 0.15) is 9.23 Å². The minimum atomic E-state index is -3.74. The van der Waals surface area contributed by atoms with Crippen LogP contribution in [-0.4, -0.2) is 25.7 Å². The zero-order valence-corrected chi connectivity index (χ0v) is 12.6. The normalized spacial score (nSPS) is 19.3. The van der Waals surface area contributed by atoms with Crippen molar-refractivity contribution in [2.45, 2.75) is 36.1 Å². The highest BCUT2D eigenvalue weighted by atomic mass is 35.5. The van der Waals surface area contributed by atoms with Crippen molar-refractivity contribution in [2.75, 3.05) is 6.61 Å². The summed E-state index contributed by atoms with van der Waals surface area (Å²) in [4.78, 5) is -0.0149. The quantitative estimate of drug-likeness (QED) is 0.892. The van der Waals surface area contributed by atoms with Gasteiger partial charge in [-0.25, -0.2) is 13.1 Å². The topological polar surface area (TPSA) is 66.4 Å². The Hall–Kier alpha value is 0.150. The first kappa shape index (κ1) is 14.6.